The highest BCUT2D eigenvalue weighted by atomic mass is 32.1. The molecule has 1 unspecified atom stereocenters. The summed E-state index contributed by atoms with van der Waals surface area (Å²) in [5.74, 6) is -1.60. The van der Waals surface area contributed by atoms with Crippen LogP contribution >= 0.6 is 11.3 Å². The van der Waals surface area contributed by atoms with Crippen LogP contribution in [0.5, 0.6) is 0 Å². The van der Waals surface area contributed by atoms with Crippen LogP contribution in [0, 0.1) is 19.8 Å². The average molecular weight is 431 g/mol. The molecule has 1 atom stereocenters. The molecule has 8 heteroatoms. The monoisotopic (exact) mass is 430 g/mol. The molecule has 1 aromatic carbocycles. The summed E-state index contributed by atoms with van der Waals surface area (Å²) < 4.78 is 5.39. The van der Waals surface area contributed by atoms with E-state index in [1.54, 1.807) is 45.0 Å². The van der Waals surface area contributed by atoms with Crippen molar-refractivity contribution in [3.8, 4) is 0 Å². The van der Waals surface area contributed by atoms with Crippen molar-refractivity contribution in [1.82, 2.24) is 0 Å². The normalized spacial score (nSPS) is 11.7. The maximum absolute atomic E-state index is 12.7. The van der Waals surface area contributed by atoms with Crippen LogP contribution < -0.4 is 10.6 Å². The number of hydrogen-bond acceptors (Lipinski definition) is 6. The molecule has 0 aliphatic carbocycles. The number of carbonyl (C=O) groups excluding carboxylic acids is 4. The SMILES string of the molecule is CC(=O)Nc1sc(C)c(C)c1C(=O)OC(C)C(=O)c1ccc(NC(=O)C(C)C)cc1. The summed E-state index contributed by atoms with van der Waals surface area (Å²) in [5.41, 5.74) is 1.91. The van der Waals surface area contributed by atoms with Gasteiger partial charge in [0, 0.05) is 29.0 Å². The van der Waals surface area contributed by atoms with Gasteiger partial charge < -0.3 is 15.4 Å². The molecule has 0 aliphatic heterocycles. The molecule has 0 saturated heterocycles. The summed E-state index contributed by atoms with van der Waals surface area (Å²) in [7, 11) is 0. The summed E-state index contributed by atoms with van der Waals surface area (Å²) in [4.78, 5) is 49.4. The number of ether oxygens (including phenoxy) is 1. The van der Waals surface area contributed by atoms with Gasteiger partial charge in [-0.2, -0.15) is 0 Å². The van der Waals surface area contributed by atoms with Crippen molar-refractivity contribution in [1.29, 1.82) is 0 Å². The molecule has 160 valence electrons. The maximum Gasteiger partial charge on any atom is 0.342 e. The van der Waals surface area contributed by atoms with Gasteiger partial charge in [-0.15, -0.1) is 11.3 Å². The number of anilines is 2. The molecule has 1 aromatic heterocycles. The van der Waals surface area contributed by atoms with E-state index in [0.29, 0.717) is 21.8 Å². The quantitative estimate of drug-likeness (QED) is 0.502. The summed E-state index contributed by atoms with van der Waals surface area (Å²) in [6.07, 6.45) is -1.02. The minimum absolute atomic E-state index is 0.118. The predicted molar refractivity (Wildman–Crippen MR) is 117 cm³/mol. The molecule has 0 radical (unpaired) electrons. The maximum atomic E-state index is 12.7. The number of rotatable bonds is 7. The zero-order chi connectivity index (χ0) is 22.6. The minimum atomic E-state index is -1.02. The van der Waals surface area contributed by atoms with Crippen LogP contribution in [0.1, 0.15) is 58.9 Å². The van der Waals surface area contributed by atoms with Crippen LogP contribution in [0.4, 0.5) is 10.7 Å². The fraction of sp³-hybridized carbons (Fsp3) is 0.364. The van der Waals surface area contributed by atoms with Crippen LogP contribution in [0.15, 0.2) is 24.3 Å². The second kappa shape index (κ2) is 9.67. The summed E-state index contributed by atoms with van der Waals surface area (Å²) in [6, 6.07) is 6.41. The Morgan fingerprint density at radius 1 is 0.967 bits per heavy atom. The molecule has 0 saturated carbocycles. The molecule has 2 N–H and O–H groups in total. The molecule has 2 rings (SSSR count). The number of aryl methyl sites for hydroxylation is 1. The second-order valence-corrected chi connectivity index (χ2v) is 8.53. The number of hydrogen-bond donors (Lipinski definition) is 2. The van der Waals surface area contributed by atoms with Gasteiger partial charge in [0.1, 0.15) is 5.00 Å². The highest BCUT2D eigenvalue weighted by Gasteiger charge is 2.26. The van der Waals surface area contributed by atoms with E-state index in [4.69, 9.17) is 4.74 Å². The zero-order valence-corrected chi connectivity index (χ0v) is 18.7. The van der Waals surface area contributed by atoms with E-state index >= 15 is 0 Å². The molecular weight excluding hydrogens is 404 g/mol. The molecule has 30 heavy (non-hydrogen) atoms. The van der Waals surface area contributed by atoms with Crippen molar-refractivity contribution >= 4 is 45.6 Å². The molecular formula is C22H26N2O5S. The third-order valence-electron chi connectivity index (χ3n) is 4.49. The lowest BCUT2D eigenvalue weighted by Crippen LogP contribution is -2.25. The van der Waals surface area contributed by atoms with Crippen LogP contribution in [-0.2, 0) is 14.3 Å². The highest BCUT2D eigenvalue weighted by Crippen LogP contribution is 2.33. The Kier molecular flexibility index (Phi) is 7.50. The Balaban J connectivity index is 2.12. The van der Waals surface area contributed by atoms with E-state index < -0.39 is 12.1 Å². The van der Waals surface area contributed by atoms with Crippen molar-refractivity contribution in [3.05, 3.63) is 45.8 Å². The Hall–Kier alpha value is -3.00. The fourth-order valence-corrected chi connectivity index (χ4v) is 3.73. The summed E-state index contributed by atoms with van der Waals surface area (Å²) in [6.45, 7) is 10.1. The number of thiophene rings is 1. The van der Waals surface area contributed by atoms with E-state index in [1.165, 1.54) is 25.2 Å². The first-order chi connectivity index (χ1) is 14.0. The molecule has 7 nitrogen and oxygen atoms in total. The Labute approximate surface area is 179 Å². The molecule has 2 aromatic rings. The van der Waals surface area contributed by atoms with Crippen molar-refractivity contribution < 1.29 is 23.9 Å². The molecule has 0 fully saturated rings. The Bertz CT molecular complexity index is 976. The van der Waals surface area contributed by atoms with E-state index in [2.05, 4.69) is 10.6 Å². The molecule has 1 heterocycles. The lowest BCUT2D eigenvalue weighted by molar-refractivity contribution is -0.119. The molecule has 2 amide bonds. The number of Topliss-reactive ketones (excluding diaryl/α,β-unsaturated/α-hetero) is 1. The lowest BCUT2D eigenvalue weighted by atomic mass is 10.1. The van der Waals surface area contributed by atoms with Gasteiger partial charge in [0.2, 0.25) is 17.6 Å². The van der Waals surface area contributed by atoms with Gasteiger partial charge in [0.15, 0.2) is 6.10 Å². The Morgan fingerprint density at radius 2 is 1.57 bits per heavy atom. The number of esters is 1. The number of ketones is 1. The van der Waals surface area contributed by atoms with Crippen molar-refractivity contribution in [2.24, 2.45) is 5.92 Å². The smallest absolute Gasteiger partial charge is 0.342 e. The van der Waals surface area contributed by atoms with Crippen molar-refractivity contribution in [2.75, 3.05) is 10.6 Å². The van der Waals surface area contributed by atoms with Gasteiger partial charge in [-0.25, -0.2) is 4.79 Å². The second-order valence-electron chi connectivity index (χ2n) is 7.30. The van der Waals surface area contributed by atoms with Crippen LogP contribution in [0.25, 0.3) is 0 Å². The van der Waals surface area contributed by atoms with Gasteiger partial charge in [0.25, 0.3) is 0 Å². The summed E-state index contributed by atoms with van der Waals surface area (Å²) in [5, 5.41) is 5.80. The van der Waals surface area contributed by atoms with Crippen molar-refractivity contribution in [3.63, 3.8) is 0 Å². The van der Waals surface area contributed by atoms with Gasteiger partial charge >= 0.3 is 5.97 Å². The van der Waals surface area contributed by atoms with Crippen LogP contribution in [-0.4, -0.2) is 29.7 Å². The van der Waals surface area contributed by atoms with Crippen molar-refractivity contribution in [2.45, 2.75) is 47.6 Å². The van der Waals surface area contributed by atoms with Gasteiger partial charge in [-0.3, -0.25) is 14.4 Å². The largest absolute Gasteiger partial charge is 0.451 e. The zero-order valence-electron chi connectivity index (χ0n) is 17.9. The van der Waals surface area contributed by atoms with E-state index in [9.17, 15) is 19.2 Å². The number of nitrogens with one attached hydrogen (secondary N) is 2. The standard InChI is InChI=1S/C22H26N2O5S/c1-11(2)20(27)24-17-9-7-16(8-10-17)19(26)13(4)29-22(28)18-12(3)14(5)30-21(18)23-15(6)25/h7-11,13H,1-6H3,(H,23,25)(H,24,27). The number of amides is 2. The number of benzene rings is 1. The van der Waals surface area contributed by atoms with E-state index in [1.807, 2.05) is 6.92 Å². The van der Waals surface area contributed by atoms with Gasteiger partial charge in [-0.05, 0) is 50.6 Å². The topological polar surface area (TPSA) is 102 Å². The molecule has 0 bridgehead atoms. The van der Waals surface area contributed by atoms with Crippen LogP contribution in [0.2, 0.25) is 0 Å². The van der Waals surface area contributed by atoms with Crippen LogP contribution in [0.3, 0.4) is 0 Å². The molecule has 0 aliphatic rings. The average Bonchev–Trinajstić information content (AvgIpc) is 2.94. The predicted octanol–water partition coefficient (Wildman–Crippen LogP) is 4.35. The Morgan fingerprint density at radius 3 is 2.10 bits per heavy atom. The first kappa shape index (κ1) is 23.3. The van der Waals surface area contributed by atoms with E-state index in [0.717, 1.165) is 4.88 Å². The highest BCUT2D eigenvalue weighted by molar-refractivity contribution is 7.16. The first-order valence-corrected chi connectivity index (χ1v) is 10.4. The third-order valence-corrected chi connectivity index (χ3v) is 5.62. The van der Waals surface area contributed by atoms with E-state index in [-0.39, 0.29) is 29.1 Å². The number of carbonyl (C=O) groups is 4. The van der Waals surface area contributed by atoms with Gasteiger partial charge in [-0.1, -0.05) is 13.8 Å². The summed E-state index contributed by atoms with van der Waals surface area (Å²) >= 11 is 1.29. The lowest BCUT2D eigenvalue weighted by Gasteiger charge is -2.14. The fourth-order valence-electron chi connectivity index (χ4n) is 2.63. The third kappa shape index (κ3) is 5.54. The molecule has 0 spiro atoms. The minimum Gasteiger partial charge on any atom is -0.451 e. The van der Waals surface area contributed by atoms with Gasteiger partial charge in [0.05, 0.1) is 5.56 Å². The first-order valence-electron chi connectivity index (χ1n) is 9.55.